The van der Waals surface area contributed by atoms with Crippen LogP contribution in [0.2, 0.25) is 0 Å². The fourth-order valence-electron chi connectivity index (χ4n) is 3.82. The first-order valence-electron chi connectivity index (χ1n) is 10.9. The van der Waals surface area contributed by atoms with Crippen LogP contribution in [0.1, 0.15) is 25.0 Å². The van der Waals surface area contributed by atoms with Crippen LogP contribution < -0.4 is 14.8 Å². The first kappa shape index (κ1) is 22.2. The van der Waals surface area contributed by atoms with Crippen LogP contribution >= 0.6 is 0 Å². The highest BCUT2D eigenvalue weighted by Crippen LogP contribution is 2.40. The normalized spacial score (nSPS) is 11.4. The Labute approximate surface area is 193 Å². The quantitative estimate of drug-likeness (QED) is 0.330. The van der Waals surface area contributed by atoms with E-state index in [-0.39, 0.29) is 5.91 Å². The molecule has 5 nitrogen and oxygen atoms in total. The molecule has 0 radical (unpaired) electrons. The summed E-state index contributed by atoms with van der Waals surface area (Å²) >= 11 is 0. The second kappa shape index (κ2) is 10.1. The van der Waals surface area contributed by atoms with Gasteiger partial charge in [-0.25, -0.2) is 0 Å². The average molecular weight is 442 g/mol. The molecule has 33 heavy (non-hydrogen) atoms. The van der Waals surface area contributed by atoms with Crippen molar-refractivity contribution in [2.24, 2.45) is 0 Å². The zero-order chi connectivity index (χ0) is 23.2. The van der Waals surface area contributed by atoms with E-state index in [4.69, 9.17) is 13.9 Å². The maximum atomic E-state index is 12.6. The van der Waals surface area contributed by atoms with Crippen molar-refractivity contribution in [2.45, 2.75) is 20.4 Å². The molecule has 0 fully saturated rings. The predicted octanol–water partition coefficient (Wildman–Crippen LogP) is 6.23. The molecular weight excluding hydrogens is 414 g/mol. The molecule has 0 aliphatic heterocycles. The van der Waals surface area contributed by atoms with E-state index >= 15 is 0 Å². The summed E-state index contributed by atoms with van der Waals surface area (Å²) in [7, 11) is 1.65. The predicted molar refractivity (Wildman–Crippen MR) is 131 cm³/mol. The molecule has 1 heterocycles. The Hall–Kier alpha value is -3.99. The summed E-state index contributed by atoms with van der Waals surface area (Å²) in [6, 6.07) is 21.5. The fourth-order valence-corrected chi connectivity index (χ4v) is 3.82. The Morgan fingerprint density at radius 2 is 1.76 bits per heavy atom. The summed E-state index contributed by atoms with van der Waals surface area (Å²) in [5.74, 6) is 1.29. The van der Waals surface area contributed by atoms with E-state index in [0.29, 0.717) is 24.5 Å². The topological polar surface area (TPSA) is 60.7 Å². The second-order valence-corrected chi connectivity index (χ2v) is 7.66. The molecule has 0 bridgehead atoms. The van der Waals surface area contributed by atoms with E-state index in [1.165, 1.54) is 0 Å². The smallest absolute Gasteiger partial charge is 0.244 e. The summed E-state index contributed by atoms with van der Waals surface area (Å²) in [5.41, 5.74) is 5.27. The van der Waals surface area contributed by atoms with Crippen LogP contribution in [-0.2, 0) is 11.3 Å². The molecule has 4 aromatic rings. The molecule has 0 saturated carbocycles. The molecule has 3 aromatic carbocycles. The lowest BCUT2D eigenvalue weighted by Gasteiger charge is -2.12. The molecule has 168 valence electrons. The lowest BCUT2D eigenvalue weighted by atomic mass is 9.98. The van der Waals surface area contributed by atoms with Crippen molar-refractivity contribution in [2.75, 3.05) is 13.7 Å². The zero-order valence-electron chi connectivity index (χ0n) is 19.1. The highest BCUT2D eigenvalue weighted by molar-refractivity contribution is 6.01. The standard InChI is InChI=1S/C28H27NO4/c1-4-32-26-16-27-23(24(18-33-27)21-12-8-9-13-25(21)31-3)15-22(26)19(2)14-28(30)29-17-20-10-6-5-7-11-20/h5-16,18H,4,17H2,1-3H3,(H,29,30)/b19-14+. The molecule has 1 aromatic heterocycles. The molecule has 0 unspecified atom stereocenters. The largest absolute Gasteiger partial charge is 0.496 e. The number of allylic oxidation sites excluding steroid dienone is 1. The van der Waals surface area contributed by atoms with Crippen LogP contribution in [0.5, 0.6) is 11.5 Å². The number of para-hydroxylation sites is 1. The minimum atomic E-state index is -0.156. The minimum Gasteiger partial charge on any atom is -0.496 e. The van der Waals surface area contributed by atoms with Crippen molar-refractivity contribution in [1.82, 2.24) is 5.32 Å². The van der Waals surface area contributed by atoms with Crippen molar-refractivity contribution in [3.63, 3.8) is 0 Å². The number of carbonyl (C=O) groups excluding carboxylic acids is 1. The summed E-state index contributed by atoms with van der Waals surface area (Å²) < 4.78 is 17.3. The van der Waals surface area contributed by atoms with Crippen molar-refractivity contribution in [3.8, 4) is 22.6 Å². The van der Waals surface area contributed by atoms with Crippen LogP contribution in [-0.4, -0.2) is 19.6 Å². The van der Waals surface area contributed by atoms with Gasteiger partial charge in [0, 0.05) is 40.8 Å². The molecule has 0 spiro atoms. The van der Waals surface area contributed by atoms with Gasteiger partial charge in [0.2, 0.25) is 5.91 Å². The first-order valence-corrected chi connectivity index (χ1v) is 10.9. The molecule has 1 N–H and O–H groups in total. The highest BCUT2D eigenvalue weighted by Gasteiger charge is 2.17. The Morgan fingerprint density at radius 1 is 1.00 bits per heavy atom. The van der Waals surface area contributed by atoms with E-state index in [9.17, 15) is 4.79 Å². The Bertz CT molecular complexity index is 1290. The molecule has 0 atom stereocenters. The van der Waals surface area contributed by atoms with Gasteiger partial charge in [-0.05, 0) is 37.1 Å². The number of hydrogen-bond acceptors (Lipinski definition) is 4. The van der Waals surface area contributed by atoms with E-state index in [2.05, 4.69) is 5.32 Å². The maximum absolute atomic E-state index is 12.6. The van der Waals surface area contributed by atoms with E-state index in [1.807, 2.05) is 80.6 Å². The monoisotopic (exact) mass is 441 g/mol. The Kier molecular flexibility index (Phi) is 6.79. The summed E-state index contributed by atoms with van der Waals surface area (Å²) in [4.78, 5) is 12.6. The van der Waals surface area contributed by atoms with Crippen LogP contribution in [0, 0.1) is 0 Å². The van der Waals surface area contributed by atoms with Crippen molar-refractivity contribution < 1.29 is 18.7 Å². The molecule has 5 heteroatoms. The van der Waals surface area contributed by atoms with Gasteiger partial charge in [-0.2, -0.15) is 0 Å². The van der Waals surface area contributed by atoms with Gasteiger partial charge in [-0.3, -0.25) is 4.79 Å². The van der Waals surface area contributed by atoms with Crippen molar-refractivity contribution in [3.05, 3.63) is 90.2 Å². The summed E-state index contributed by atoms with van der Waals surface area (Å²) in [6.07, 6.45) is 3.34. The molecule has 1 amide bonds. The number of rotatable bonds is 8. The van der Waals surface area contributed by atoms with Gasteiger partial charge >= 0.3 is 0 Å². The number of nitrogens with one attached hydrogen (secondary N) is 1. The van der Waals surface area contributed by atoms with Crippen LogP contribution in [0.4, 0.5) is 0 Å². The van der Waals surface area contributed by atoms with Crippen LogP contribution in [0.15, 0.2) is 83.5 Å². The van der Waals surface area contributed by atoms with Crippen molar-refractivity contribution >= 4 is 22.4 Å². The fraction of sp³-hybridized carbons (Fsp3) is 0.179. The molecule has 0 aliphatic rings. The maximum Gasteiger partial charge on any atom is 0.244 e. The third kappa shape index (κ3) is 4.93. The van der Waals surface area contributed by atoms with E-state index in [0.717, 1.165) is 39.0 Å². The van der Waals surface area contributed by atoms with Gasteiger partial charge < -0.3 is 19.2 Å². The lowest BCUT2D eigenvalue weighted by Crippen LogP contribution is -2.20. The molecule has 0 saturated heterocycles. The Balaban J connectivity index is 1.69. The lowest BCUT2D eigenvalue weighted by molar-refractivity contribution is -0.116. The number of benzene rings is 3. The highest BCUT2D eigenvalue weighted by atomic mass is 16.5. The number of amides is 1. The van der Waals surface area contributed by atoms with E-state index < -0.39 is 0 Å². The SMILES string of the molecule is CCOc1cc2occ(-c3ccccc3OC)c2cc1/C(C)=C/C(=O)NCc1ccccc1. The van der Waals surface area contributed by atoms with Gasteiger partial charge in [0.25, 0.3) is 0 Å². The Morgan fingerprint density at radius 3 is 2.52 bits per heavy atom. The first-order chi connectivity index (χ1) is 16.1. The summed E-state index contributed by atoms with van der Waals surface area (Å²) in [5, 5.41) is 3.87. The number of methoxy groups -OCH3 is 1. The number of hydrogen-bond donors (Lipinski definition) is 1. The van der Waals surface area contributed by atoms with Crippen LogP contribution in [0.25, 0.3) is 27.7 Å². The van der Waals surface area contributed by atoms with Crippen LogP contribution in [0.3, 0.4) is 0 Å². The number of furan rings is 1. The van der Waals surface area contributed by atoms with Gasteiger partial charge in [-0.15, -0.1) is 0 Å². The van der Waals surface area contributed by atoms with Gasteiger partial charge in [0.1, 0.15) is 17.1 Å². The third-order valence-electron chi connectivity index (χ3n) is 5.45. The molecular formula is C28H27NO4. The molecule has 4 rings (SSSR count). The summed E-state index contributed by atoms with van der Waals surface area (Å²) in [6.45, 7) is 4.82. The third-order valence-corrected chi connectivity index (χ3v) is 5.45. The number of ether oxygens (including phenoxy) is 2. The zero-order valence-corrected chi connectivity index (χ0v) is 19.1. The van der Waals surface area contributed by atoms with Gasteiger partial charge in [0.05, 0.1) is 20.0 Å². The molecule has 0 aliphatic carbocycles. The second-order valence-electron chi connectivity index (χ2n) is 7.66. The number of carbonyl (C=O) groups is 1. The van der Waals surface area contributed by atoms with Gasteiger partial charge in [0.15, 0.2) is 0 Å². The number of fused-ring (bicyclic) bond motifs is 1. The van der Waals surface area contributed by atoms with Crippen molar-refractivity contribution in [1.29, 1.82) is 0 Å². The average Bonchev–Trinajstić information content (AvgIpc) is 3.25. The van der Waals surface area contributed by atoms with Gasteiger partial charge in [-0.1, -0.05) is 48.5 Å². The van der Waals surface area contributed by atoms with E-state index in [1.54, 1.807) is 19.4 Å². The minimum absolute atomic E-state index is 0.156.